The molecule has 1 aliphatic rings. The highest BCUT2D eigenvalue weighted by molar-refractivity contribution is 6.01. The molecule has 0 atom stereocenters. The van der Waals surface area contributed by atoms with E-state index in [2.05, 4.69) is 26.8 Å². The third-order valence-electron chi connectivity index (χ3n) is 4.40. The van der Waals surface area contributed by atoms with Crippen molar-refractivity contribution in [1.82, 2.24) is 14.8 Å². The number of aryl methyl sites for hydroxylation is 1. The van der Waals surface area contributed by atoms with Crippen molar-refractivity contribution in [2.24, 2.45) is 0 Å². The summed E-state index contributed by atoms with van der Waals surface area (Å²) in [6.45, 7) is 0. The number of carbonyl (C=O) groups excluding carboxylic acids is 1. The van der Waals surface area contributed by atoms with Crippen LogP contribution in [0.4, 0.5) is 16.2 Å². The van der Waals surface area contributed by atoms with Gasteiger partial charge >= 0.3 is 6.03 Å². The number of aromatic nitrogens is 3. The summed E-state index contributed by atoms with van der Waals surface area (Å²) < 4.78 is 1.62. The Kier molecular flexibility index (Phi) is 4.16. The van der Waals surface area contributed by atoms with Crippen LogP contribution in [0, 0.1) is 0 Å². The lowest BCUT2D eigenvalue weighted by atomic mass is 9.90. The minimum atomic E-state index is -0.277. The van der Waals surface area contributed by atoms with E-state index in [0.29, 0.717) is 11.5 Å². The third kappa shape index (κ3) is 3.24. The summed E-state index contributed by atoms with van der Waals surface area (Å²) in [5.41, 5.74) is 4.08. The topological polar surface area (TPSA) is 71.8 Å². The first-order valence-corrected chi connectivity index (χ1v) is 8.45. The van der Waals surface area contributed by atoms with Gasteiger partial charge in [-0.2, -0.15) is 5.10 Å². The van der Waals surface area contributed by atoms with Gasteiger partial charge in [0.25, 0.3) is 0 Å². The number of hydrogen-bond donors (Lipinski definition) is 2. The summed E-state index contributed by atoms with van der Waals surface area (Å²) in [6, 6.07) is 11.2. The molecule has 1 aliphatic carbocycles. The second-order valence-electron chi connectivity index (χ2n) is 6.05. The van der Waals surface area contributed by atoms with E-state index in [1.165, 1.54) is 24.0 Å². The molecule has 3 aromatic rings. The standard InChI is InChI=1S/C19H19N5O/c25-19(22-16-9-3-7-14-6-1-2-8-15(14)16)23-17-10-4-11-20-18(17)24-13-5-12-21-24/h3-5,7,9-13H,1-2,6,8H2,(H2,22,23,25). The van der Waals surface area contributed by atoms with Crippen LogP contribution in [0.15, 0.2) is 55.0 Å². The van der Waals surface area contributed by atoms with Gasteiger partial charge in [-0.1, -0.05) is 12.1 Å². The number of carbonyl (C=O) groups is 1. The van der Waals surface area contributed by atoms with Crippen LogP contribution in [0.25, 0.3) is 5.82 Å². The Morgan fingerprint density at radius 1 is 0.960 bits per heavy atom. The number of hydrogen-bond acceptors (Lipinski definition) is 3. The Bertz CT molecular complexity index is 889. The molecule has 0 bridgehead atoms. The lowest BCUT2D eigenvalue weighted by Crippen LogP contribution is -2.22. The molecule has 0 spiro atoms. The molecule has 0 unspecified atom stereocenters. The maximum Gasteiger partial charge on any atom is 0.323 e. The summed E-state index contributed by atoms with van der Waals surface area (Å²) in [7, 11) is 0. The minimum absolute atomic E-state index is 0.277. The van der Waals surface area contributed by atoms with Gasteiger partial charge in [-0.25, -0.2) is 14.5 Å². The largest absolute Gasteiger partial charge is 0.323 e. The molecular weight excluding hydrogens is 314 g/mol. The van der Waals surface area contributed by atoms with E-state index < -0.39 is 0 Å². The monoisotopic (exact) mass is 333 g/mol. The van der Waals surface area contributed by atoms with Gasteiger partial charge in [0.05, 0.1) is 5.69 Å². The van der Waals surface area contributed by atoms with Gasteiger partial charge in [0.1, 0.15) is 0 Å². The number of pyridine rings is 1. The van der Waals surface area contributed by atoms with E-state index in [1.807, 2.05) is 24.3 Å². The van der Waals surface area contributed by atoms with E-state index >= 15 is 0 Å². The van der Waals surface area contributed by atoms with Crippen molar-refractivity contribution in [2.75, 3.05) is 10.6 Å². The van der Waals surface area contributed by atoms with Gasteiger partial charge in [-0.3, -0.25) is 0 Å². The summed E-state index contributed by atoms with van der Waals surface area (Å²) in [5.74, 6) is 0.581. The molecule has 0 fully saturated rings. The predicted molar refractivity (Wildman–Crippen MR) is 97.1 cm³/mol. The lowest BCUT2D eigenvalue weighted by molar-refractivity contribution is 0.262. The maximum absolute atomic E-state index is 12.5. The zero-order valence-corrected chi connectivity index (χ0v) is 13.8. The fourth-order valence-electron chi connectivity index (χ4n) is 3.25. The Labute approximate surface area is 145 Å². The summed E-state index contributed by atoms with van der Waals surface area (Å²) in [6.07, 6.45) is 9.61. The first-order chi connectivity index (χ1) is 12.3. The Morgan fingerprint density at radius 2 is 1.80 bits per heavy atom. The maximum atomic E-state index is 12.5. The van der Waals surface area contributed by atoms with Crippen molar-refractivity contribution in [3.05, 3.63) is 66.1 Å². The molecule has 0 aliphatic heterocycles. The molecule has 2 amide bonds. The number of nitrogens with one attached hydrogen (secondary N) is 2. The average molecular weight is 333 g/mol. The molecule has 0 saturated carbocycles. The summed E-state index contributed by atoms with van der Waals surface area (Å²) >= 11 is 0. The molecule has 2 aromatic heterocycles. The van der Waals surface area contributed by atoms with Crippen molar-refractivity contribution in [3.63, 3.8) is 0 Å². The van der Waals surface area contributed by atoms with Crippen LogP contribution >= 0.6 is 0 Å². The first-order valence-electron chi connectivity index (χ1n) is 8.45. The number of benzene rings is 1. The smallest absolute Gasteiger partial charge is 0.307 e. The molecule has 25 heavy (non-hydrogen) atoms. The van der Waals surface area contributed by atoms with Crippen LogP contribution in [-0.2, 0) is 12.8 Å². The van der Waals surface area contributed by atoms with Gasteiger partial charge in [0.15, 0.2) is 5.82 Å². The van der Waals surface area contributed by atoms with Crippen LogP contribution in [0.1, 0.15) is 24.0 Å². The van der Waals surface area contributed by atoms with Crippen LogP contribution in [-0.4, -0.2) is 20.8 Å². The van der Waals surface area contributed by atoms with E-state index in [9.17, 15) is 4.79 Å². The minimum Gasteiger partial charge on any atom is -0.307 e. The fraction of sp³-hybridized carbons (Fsp3) is 0.211. The quantitative estimate of drug-likeness (QED) is 0.766. The molecular formula is C19H19N5O. The van der Waals surface area contributed by atoms with Crippen LogP contribution in [0.2, 0.25) is 0 Å². The van der Waals surface area contributed by atoms with Crippen LogP contribution in [0.3, 0.4) is 0 Å². The highest BCUT2D eigenvalue weighted by Gasteiger charge is 2.15. The molecule has 6 nitrogen and oxygen atoms in total. The summed E-state index contributed by atoms with van der Waals surface area (Å²) in [5, 5.41) is 10.0. The number of rotatable bonds is 3. The van der Waals surface area contributed by atoms with Crippen molar-refractivity contribution in [3.8, 4) is 5.82 Å². The SMILES string of the molecule is O=C(Nc1cccnc1-n1cccn1)Nc1cccc2c1CCCC2. The van der Waals surface area contributed by atoms with Gasteiger partial charge in [0, 0.05) is 24.3 Å². The molecule has 2 N–H and O–H groups in total. The molecule has 0 saturated heterocycles. The second-order valence-corrected chi connectivity index (χ2v) is 6.05. The number of nitrogens with zero attached hydrogens (tertiary/aromatic N) is 3. The Morgan fingerprint density at radius 3 is 2.68 bits per heavy atom. The Balaban J connectivity index is 1.54. The van der Waals surface area contributed by atoms with Gasteiger partial charge in [-0.05, 0) is 61.1 Å². The van der Waals surface area contributed by atoms with Gasteiger partial charge in [-0.15, -0.1) is 0 Å². The number of anilines is 2. The summed E-state index contributed by atoms with van der Waals surface area (Å²) in [4.78, 5) is 16.8. The molecule has 2 heterocycles. The average Bonchev–Trinajstić information content (AvgIpc) is 3.17. The molecule has 1 aromatic carbocycles. The Hall–Kier alpha value is -3.15. The van der Waals surface area contributed by atoms with E-state index in [-0.39, 0.29) is 6.03 Å². The third-order valence-corrected chi connectivity index (χ3v) is 4.40. The molecule has 0 radical (unpaired) electrons. The first kappa shape index (κ1) is 15.4. The van der Waals surface area contributed by atoms with Crippen molar-refractivity contribution in [1.29, 1.82) is 0 Å². The zero-order valence-electron chi connectivity index (χ0n) is 13.8. The van der Waals surface area contributed by atoms with Crippen molar-refractivity contribution >= 4 is 17.4 Å². The van der Waals surface area contributed by atoms with Gasteiger partial charge in [0.2, 0.25) is 0 Å². The lowest BCUT2D eigenvalue weighted by Gasteiger charge is -2.20. The van der Waals surface area contributed by atoms with E-state index in [1.54, 1.807) is 29.3 Å². The van der Waals surface area contributed by atoms with Crippen LogP contribution < -0.4 is 10.6 Å². The fourth-order valence-corrected chi connectivity index (χ4v) is 3.25. The molecule has 6 heteroatoms. The highest BCUT2D eigenvalue weighted by Crippen LogP contribution is 2.28. The van der Waals surface area contributed by atoms with Crippen LogP contribution in [0.5, 0.6) is 0 Å². The van der Waals surface area contributed by atoms with E-state index in [0.717, 1.165) is 18.5 Å². The number of amides is 2. The highest BCUT2D eigenvalue weighted by atomic mass is 16.2. The van der Waals surface area contributed by atoms with Crippen molar-refractivity contribution < 1.29 is 4.79 Å². The van der Waals surface area contributed by atoms with Crippen molar-refractivity contribution in [2.45, 2.75) is 25.7 Å². The van der Waals surface area contributed by atoms with E-state index in [4.69, 9.17) is 0 Å². The zero-order chi connectivity index (χ0) is 17.1. The molecule has 126 valence electrons. The van der Waals surface area contributed by atoms with Gasteiger partial charge < -0.3 is 10.6 Å². The number of urea groups is 1. The molecule has 4 rings (SSSR count). The number of fused-ring (bicyclic) bond motifs is 1. The second kappa shape index (κ2) is 6.76. The normalized spacial score (nSPS) is 13.1. The predicted octanol–water partition coefficient (Wildman–Crippen LogP) is 3.79.